The van der Waals surface area contributed by atoms with Gasteiger partial charge < -0.3 is 0 Å². The molecule has 0 bridgehead atoms. The van der Waals surface area contributed by atoms with Crippen molar-refractivity contribution in [1.29, 1.82) is 0 Å². The third kappa shape index (κ3) is 2.94. The van der Waals surface area contributed by atoms with Crippen molar-refractivity contribution in [2.24, 2.45) is 0 Å². The maximum absolute atomic E-state index is 12.1. The van der Waals surface area contributed by atoms with Crippen molar-refractivity contribution < 1.29 is 13.3 Å². The summed E-state index contributed by atoms with van der Waals surface area (Å²) in [5.74, 6) is -0.443. The van der Waals surface area contributed by atoms with E-state index < -0.39 is 20.5 Å². The van der Waals surface area contributed by atoms with Gasteiger partial charge in [-0.15, -0.1) is 0 Å². The van der Waals surface area contributed by atoms with E-state index in [4.69, 9.17) is 0 Å². The summed E-state index contributed by atoms with van der Waals surface area (Å²) in [5, 5.41) is 10.8. The number of sulfone groups is 1. The van der Waals surface area contributed by atoms with E-state index in [0.717, 1.165) is 0 Å². The van der Waals surface area contributed by atoms with Gasteiger partial charge in [0.2, 0.25) is 0 Å². The molecule has 0 N–H and O–H groups in total. The first-order valence-electron chi connectivity index (χ1n) is 5.36. The van der Waals surface area contributed by atoms with Crippen LogP contribution in [0, 0.1) is 10.1 Å². The molecular weight excluding hydrogens is 268 g/mol. The van der Waals surface area contributed by atoms with Crippen molar-refractivity contribution in [2.45, 2.75) is 10.6 Å². The van der Waals surface area contributed by atoms with Gasteiger partial charge in [0.1, 0.15) is 0 Å². The molecule has 0 aliphatic carbocycles. The number of nitro groups is 1. The van der Waals surface area contributed by atoms with Crippen LogP contribution >= 0.6 is 0 Å². The molecule has 2 rings (SSSR count). The minimum atomic E-state index is -3.61. The summed E-state index contributed by atoms with van der Waals surface area (Å²) in [6, 6.07) is 9.01. The third-order valence-corrected chi connectivity index (χ3v) is 4.20. The fourth-order valence-corrected chi connectivity index (χ4v) is 3.00. The van der Waals surface area contributed by atoms with Crippen molar-refractivity contribution in [1.82, 2.24) is 4.98 Å². The van der Waals surface area contributed by atoms with Crippen LogP contribution in [0.4, 0.5) is 5.69 Å². The van der Waals surface area contributed by atoms with E-state index in [1.165, 1.54) is 30.6 Å². The molecule has 1 aromatic carbocycles. The Bertz CT molecular complexity index is 699. The van der Waals surface area contributed by atoms with Gasteiger partial charge in [0.25, 0.3) is 5.69 Å². The Labute approximate surface area is 109 Å². The largest absolute Gasteiger partial charge is 0.276 e. The molecule has 0 spiro atoms. The van der Waals surface area contributed by atoms with E-state index in [2.05, 4.69) is 4.98 Å². The van der Waals surface area contributed by atoms with Crippen LogP contribution in [0.3, 0.4) is 0 Å². The minimum absolute atomic E-state index is 0.0800. The zero-order valence-corrected chi connectivity index (χ0v) is 10.6. The highest BCUT2D eigenvalue weighted by Gasteiger charge is 2.21. The fraction of sp³-hybridized carbons (Fsp3) is 0.0833. The normalized spacial score (nSPS) is 11.2. The number of benzene rings is 1. The van der Waals surface area contributed by atoms with Crippen molar-refractivity contribution in [3.8, 4) is 0 Å². The molecule has 0 radical (unpaired) electrons. The van der Waals surface area contributed by atoms with Gasteiger partial charge >= 0.3 is 0 Å². The van der Waals surface area contributed by atoms with Crippen LogP contribution in [0.2, 0.25) is 0 Å². The molecule has 1 heterocycles. The summed E-state index contributed by atoms with van der Waals surface area (Å²) in [6.45, 7) is 0. The average molecular weight is 278 g/mol. The number of pyridine rings is 1. The zero-order chi connectivity index (χ0) is 13.9. The highest BCUT2D eigenvalue weighted by Crippen LogP contribution is 2.22. The Morgan fingerprint density at radius 1 is 1.16 bits per heavy atom. The standard InChI is InChI=1S/C12H10N2O4S/c15-14(16)12-6-7-13-8-10(12)9-19(17,18)11-4-2-1-3-5-11/h1-8H,9H2. The molecule has 6 nitrogen and oxygen atoms in total. The molecule has 0 aliphatic heterocycles. The van der Waals surface area contributed by atoms with Crippen molar-refractivity contribution >= 4 is 15.5 Å². The van der Waals surface area contributed by atoms with Gasteiger partial charge in [0.05, 0.1) is 21.1 Å². The average Bonchev–Trinajstić information content (AvgIpc) is 2.39. The Balaban J connectivity index is 2.39. The lowest BCUT2D eigenvalue weighted by molar-refractivity contribution is -0.385. The van der Waals surface area contributed by atoms with Crippen LogP contribution < -0.4 is 0 Å². The van der Waals surface area contributed by atoms with Crippen molar-refractivity contribution in [3.63, 3.8) is 0 Å². The molecule has 0 amide bonds. The first-order chi connectivity index (χ1) is 9.00. The first-order valence-corrected chi connectivity index (χ1v) is 7.01. The Morgan fingerprint density at radius 3 is 2.47 bits per heavy atom. The molecular formula is C12H10N2O4S. The summed E-state index contributed by atoms with van der Waals surface area (Å²) < 4.78 is 24.3. The SMILES string of the molecule is O=[N+]([O-])c1ccncc1CS(=O)(=O)c1ccccc1. The first kappa shape index (κ1) is 13.2. The lowest BCUT2D eigenvalue weighted by atomic mass is 10.3. The van der Waals surface area contributed by atoms with Gasteiger partial charge in [-0.25, -0.2) is 8.42 Å². The summed E-state index contributed by atoms with van der Waals surface area (Å²) in [6.07, 6.45) is 2.47. The van der Waals surface area contributed by atoms with Gasteiger partial charge in [0, 0.05) is 18.5 Å². The smallest absolute Gasteiger partial charge is 0.264 e. The van der Waals surface area contributed by atoms with E-state index in [9.17, 15) is 18.5 Å². The number of rotatable bonds is 4. The van der Waals surface area contributed by atoms with Crippen LogP contribution in [-0.4, -0.2) is 18.3 Å². The lowest BCUT2D eigenvalue weighted by Crippen LogP contribution is -2.07. The van der Waals surface area contributed by atoms with Crippen LogP contribution in [0.25, 0.3) is 0 Å². The highest BCUT2D eigenvalue weighted by atomic mass is 32.2. The van der Waals surface area contributed by atoms with Crippen LogP contribution in [-0.2, 0) is 15.6 Å². The van der Waals surface area contributed by atoms with Gasteiger partial charge in [-0.1, -0.05) is 18.2 Å². The molecule has 7 heteroatoms. The van der Waals surface area contributed by atoms with Gasteiger partial charge in [-0.3, -0.25) is 15.1 Å². The molecule has 98 valence electrons. The van der Waals surface area contributed by atoms with Crippen LogP contribution in [0.1, 0.15) is 5.56 Å². The second-order valence-electron chi connectivity index (χ2n) is 3.83. The molecule has 0 unspecified atom stereocenters. The zero-order valence-electron chi connectivity index (χ0n) is 9.76. The van der Waals surface area contributed by atoms with E-state index >= 15 is 0 Å². The number of hydrogen-bond acceptors (Lipinski definition) is 5. The molecule has 1 aromatic heterocycles. The van der Waals surface area contributed by atoms with E-state index in [-0.39, 0.29) is 16.1 Å². The summed E-state index contributed by atoms with van der Waals surface area (Å²) in [4.78, 5) is 14.1. The second kappa shape index (κ2) is 5.15. The second-order valence-corrected chi connectivity index (χ2v) is 5.82. The van der Waals surface area contributed by atoms with E-state index in [1.807, 2.05) is 0 Å². The minimum Gasteiger partial charge on any atom is -0.264 e. The predicted octanol–water partition coefficient (Wildman–Crippen LogP) is 1.96. The molecule has 0 saturated carbocycles. The Kier molecular flexibility index (Phi) is 3.57. The van der Waals surface area contributed by atoms with Crippen LogP contribution in [0.15, 0.2) is 53.7 Å². The van der Waals surface area contributed by atoms with Crippen molar-refractivity contribution in [3.05, 3.63) is 64.5 Å². The number of hydrogen-bond donors (Lipinski definition) is 0. The van der Waals surface area contributed by atoms with Crippen LogP contribution in [0.5, 0.6) is 0 Å². The van der Waals surface area contributed by atoms with Gasteiger partial charge in [-0.05, 0) is 12.1 Å². The molecule has 0 aliphatic rings. The molecule has 2 aromatic rings. The predicted molar refractivity (Wildman–Crippen MR) is 68.2 cm³/mol. The number of nitrogens with zero attached hydrogens (tertiary/aromatic N) is 2. The summed E-state index contributed by atoms with van der Waals surface area (Å²) in [7, 11) is -3.61. The monoisotopic (exact) mass is 278 g/mol. The molecule has 0 atom stereocenters. The molecule has 19 heavy (non-hydrogen) atoms. The fourth-order valence-electron chi connectivity index (χ4n) is 1.63. The molecule has 0 fully saturated rings. The topological polar surface area (TPSA) is 90.2 Å². The number of aromatic nitrogens is 1. The van der Waals surface area contributed by atoms with Gasteiger partial charge in [-0.2, -0.15) is 0 Å². The Morgan fingerprint density at radius 2 is 1.84 bits per heavy atom. The third-order valence-electron chi connectivity index (χ3n) is 2.52. The van der Waals surface area contributed by atoms with Gasteiger partial charge in [0.15, 0.2) is 9.84 Å². The summed E-state index contributed by atoms with van der Waals surface area (Å²) >= 11 is 0. The highest BCUT2D eigenvalue weighted by molar-refractivity contribution is 7.90. The Hall–Kier alpha value is -2.28. The lowest BCUT2D eigenvalue weighted by Gasteiger charge is -2.04. The van der Waals surface area contributed by atoms with E-state index in [0.29, 0.717) is 0 Å². The quantitative estimate of drug-likeness (QED) is 0.630. The summed E-state index contributed by atoms with van der Waals surface area (Å²) in [5.41, 5.74) is -0.161. The maximum Gasteiger partial charge on any atom is 0.276 e. The molecule has 0 saturated heterocycles. The van der Waals surface area contributed by atoms with E-state index in [1.54, 1.807) is 18.2 Å². The van der Waals surface area contributed by atoms with Crippen molar-refractivity contribution in [2.75, 3.05) is 0 Å². The maximum atomic E-state index is 12.1.